The summed E-state index contributed by atoms with van der Waals surface area (Å²) in [6.07, 6.45) is 3.12. The quantitative estimate of drug-likeness (QED) is 0.835. The molecule has 1 rings (SSSR count). The van der Waals surface area contributed by atoms with Gasteiger partial charge in [0.2, 0.25) is 6.41 Å². The molecule has 0 aromatic carbocycles. The van der Waals surface area contributed by atoms with Gasteiger partial charge in [0.05, 0.1) is 17.6 Å². The van der Waals surface area contributed by atoms with Gasteiger partial charge in [-0.05, 0) is 28.4 Å². The summed E-state index contributed by atoms with van der Waals surface area (Å²) in [5, 5.41) is 2.71. The highest BCUT2D eigenvalue weighted by Crippen LogP contribution is 2.31. The lowest BCUT2D eigenvalue weighted by molar-refractivity contribution is -0.110. The summed E-state index contributed by atoms with van der Waals surface area (Å²) in [7, 11) is 1.58. The zero-order valence-corrected chi connectivity index (χ0v) is 10.2. The van der Waals surface area contributed by atoms with Crippen LogP contribution in [0, 0.1) is 0 Å². The molecule has 0 fully saturated rings. The van der Waals surface area contributed by atoms with E-state index in [0.717, 1.165) is 16.6 Å². The number of hydrogen-bond donors (Lipinski definition) is 1. The van der Waals surface area contributed by atoms with Crippen LogP contribution in [0.5, 0.6) is 5.75 Å². The van der Waals surface area contributed by atoms with Gasteiger partial charge in [0.15, 0.2) is 5.75 Å². The van der Waals surface area contributed by atoms with Crippen LogP contribution in [-0.4, -0.2) is 18.5 Å². The maximum Gasteiger partial charge on any atom is 0.207 e. The van der Waals surface area contributed by atoms with Crippen molar-refractivity contribution in [1.82, 2.24) is 10.3 Å². The molecular weight excluding hydrogens is 260 g/mol. The highest BCUT2D eigenvalue weighted by molar-refractivity contribution is 9.10. The summed E-state index contributed by atoms with van der Waals surface area (Å²) in [5.41, 5.74) is 0.737. The van der Waals surface area contributed by atoms with E-state index in [1.807, 2.05) is 6.92 Å². The fourth-order valence-electron chi connectivity index (χ4n) is 1.36. The second-order valence-electron chi connectivity index (χ2n) is 2.96. The molecule has 5 heteroatoms. The maximum atomic E-state index is 10.4. The molecule has 1 N–H and O–H groups in total. The van der Waals surface area contributed by atoms with E-state index in [9.17, 15) is 4.79 Å². The minimum atomic E-state index is -0.116. The molecule has 15 heavy (non-hydrogen) atoms. The van der Waals surface area contributed by atoms with Crippen LogP contribution in [0.2, 0.25) is 0 Å². The van der Waals surface area contributed by atoms with Crippen molar-refractivity contribution in [2.45, 2.75) is 19.4 Å². The number of aromatic nitrogens is 1. The molecule has 0 spiro atoms. The van der Waals surface area contributed by atoms with Crippen molar-refractivity contribution >= 4 is 22.3 Å². The predicted octanol–water partition coefficient (Wildman–Crippen LogP) is 2.05. The van der Waals surface area contributed by atoms with Crippen molar-refractivity contribution in [3.63, 3.8) is 0 Å². The van der Waals surface area contributed by atoms with E-state index in [4.69, 9.17) is 4.74 Å². The molecule has 0 saturated heterocycles. The minimum absolute atomic E-state index is 0.116. The molecule has 1 aromatic rings. The lowest BCUT2D eigenvalue weighted by Crippen LogP contribution is -2.20. The molecule has 82 valence electrons. The summed E-state index contributed by atoms with van der Waals surface area (Å²) in [5.74, 6) is 0.665. The second-order valence-corrected chi connectivity index (χ2v) is 3.81. The van der Waals surface area contributed by atoms with E-state index in [0.29, 0.717) is 12.2 Å². The van der Waals surface area contributed by atoms with Crippen LogP contribution in [-0.2, 0) is 4.79 Å². The topological polar surface area (TPSA) is 51.2 Å². The molecule has 0 aliphatic rings. The third kappa shape index (κ3) is 2.68. The number of ether oxygens (including phenoxy) is 1. The molecule has 0 aliphatic carbocycles. The molecule has 0 aliphatic heterocycles. The number of nitrogens with one attached hydrogen (secondary N) is 1. The lowest BCUT2D eigenvalue weighted by Gasteiger charge is -2.16. The Morgan fingerprint density at radius 2 is 2.47 bits per heavy atom. The third-order valence-electron chi connectivity index (χ3n) is 2.10. The Kier molecular flexibility index (Phi) is 4.55. The zero-order valence-electron chi connectivity index (χ0n) is 8.66. The van der Waals surface area contributed by atoms with Crippen molar-refractivity contribution in [3.8, 4) is 5.75 Å². The first-order valence-corrected chi connectivity index (χ1v) is 5.42. The monoisotopic (exact) mass is 272 g/mol. The summed E-state index contributed by atoms with van der Waals surface area (Å²) < 4.78 is 6.07. The van der Waals surface area contributed by atoms with Crippen LogP contribution >= 0.6 is 15.9 Å². The smallest absolute Gasteiger partial charge is 0.207 e. The van der Waals surface area contributed by atoms with E-state index in [2.05, 4.69) is 26.2 Å². The van der Waals surface area contributed by atoms with E-state index in [-0.39, 0.29) is 6.04 Å². The van der Waals surface area contributed by atoms with Gasteiger partial charge < -0.3 is 10.1 Å². The highest BCUT2D eigenvalue weighted by Gasteiger charge is 2.16. The molecule has 4 nitrogen and oxygen atoms in total. The van der Waals surface area contributed by atoms with Crippen molar-refractivity contribution in [2.24, 2.45) is 0 Å². The second kappa shape index (κ2) is 5.70. The van der Waals surface area contributed by atoms with Crippen LogP contribution in [0.4, 0.5) is 0 Å². The Balaban J connectivity index is 3.10. The average molecular weight is 273 g/mol. The zero-order chi connectivity index (χ0) is 11.3. The molecule has 0 radical (unpaired) electrons. The number of nitrogens with zero attached hydrogens (tertiary/aromatic N) is 1. The van der Waals surface area contributed by atoms with E-state index >= 15 is 0 Å². The van der Waals surface area contributed by atoms with E-state index in [1.54, 1.807) is 19.4 Å². The van der Waals surface area contributed by atoms with Gasteiger partial charge in [0.1, 0.15) is 5.69 Å². The first-order valence-electron chi connectivity index (χ1n) is 4.62. The number of methoxy groups -OCH3 is 1. The fourth-order valence-corrected chi connectivity index (χ4v) is 1.85. The molecule has 0 bridgehead atoms. The number of hydrogen-bond acceptors (Lipinski definition) is 3. The number of amides is 1. The summed E-state index contributed by atoms with van der Waals surface area (Å²) in [6, 6.07) is 1.69. The van der Waals surface area contributed by atoms with Crippen molar-refractivity contribution in [2.75, 3.05) is 7.11 Å². The van der Waals surface area contributed by atoms with E-state index in [1.165, 1.54) is 0 Å². The molecule has 0 saturated carbocycles. The average Bonchev–Trinajstić information content (AvgIpc) is 2.25. The van der Waals surface area contributed by atoms with Crippen LogP contribution in [0.15, 0.2) is 16.7 Å². The van der Waals surface area contributed by atoms with Gasteiger partial charge in [-0.2, -0.15) is 0 Å². The Hall–Kier alpha value is -1.10. The van der Waals surface area contributed by atoms with Crippen LogP contribution in [0.3, 0.4) is 0 Å². The largest absolute Gasteiger partial charge is 0.494 e. The van der Waals surface area contributed by atoms with Crippen LogP contribution < -0.4 is 10.1 Å². The molecule has 1 atom stereocenters. The highest BCUT2D eigenvalue weighted by atomic mass is 79.9. The Labute approximate surface area is 97.2 Å². The van der Waals surface area contributed by atoms with Gasteiger partial charge >= 0.3 is 0 Å². The van der Waals surface area contributed by atoms with E-state index < -0.39 is 0 Å². The molecule has 1 aromatic heterocycles. The summed E-state index contributed by atoms with van der Waals surface area (Å²) in [6.45, 7) is 1.98. The normalized spacial score (nSPS) is 11.9. The Morgan fingerprint density at radius 1 is 1.73 bits per heavy atom. The van der Waals surface area contributed by atoms with Gasteiger partial charge in [-0.1, -0.05) is 6.92 Å². The predicted molar refractivity (Wildman–Crippen MR) is 60.7 cm³/mol. The molecule has 1 unspecified atom stereocenters. The number of carbonyl (C=O) groups is 1. The third-order valence-corrected chi connectivity index (χ3v) is 2.72. The first-order chi connectivity index (χ1) is 7.24. The SMILES string of the molecule is CCC(NC=O)c1nccc(Br)c1OC. The van der Waals surface area contributed by atoms with Gasteiger partial charge in [-0.25, -0.2) is 0 Å². The van der Waals surface area contributed by atoms with Gasteiger partial charge in [0, 0.05) is 6.20 Å². The van der Waals surface area contributed by atoms with Gasteiger partial charge in [0.25, 0.3) is 0 Å². The summed E-state index contributed by atoms with van der Waals surface area (Å²) in [4.78, 5) is 14.7. The molecular formula is C10H13BrN2O2. The maximum absolute atomic E-state index is 10.4. The molecule has 1 amide bonds. The number of rotatable bonds is 5. The van der Waals surface area contributed by atoms with Crippen molar-refractivity contribution in [1.29, 1.82) is 0 Å². The van der Waals surface area contributed by atoms with Crippen molar-refractivity contribution < 1.29 is 9.53 Å². The molecule has 1 heterocycles. The number of halogens is 1. The van der Waals surface area contributed by atoms with Crippen LogP contribution in [0.1, 0.15) is 25.1 Å². The first kappa shape index (κ1) is 12.0. The number of carbonyl (C=O) groups excluding carboxylic acids is 1. The van der Waals surface area contributed by atoms with Gasteiger partial charge in [-0.15, -0.1) is 0 Å². The minimum Gasteiger partial charge on any atom is -0.494 e. The lowest BCUT2D eigenvalue weighted by atomic mass is 10.1. The Morgan fingerprint density at radius 3 is 3.00 bits per heavy atom. The van der Waals surface area contributed by atoms with Gasteiger partial charge in [-0.3, -0.25) is 9.78 Å². The Bertz CT molecular complexity index is 344. The van der Waals surface area contributed by atoms with Crippen molar-refractivity contribution in [3.05, 3.63) is 22.4 Å². The number of pyridine rings is 1. The summed E-state index contributed by atoms with van der Waals surface area (Å²) >= 11 is 3.37. The fraction of sp³-hybridized carbons (Fsp3) is 0.400. The standard InChI is InChI=1S/C10H13BrN2O2/c1-3-8(13-6-14)9-10(15-2)7(11)4-5-12-9/h4-6,8H,3H2,1-2H3,(H,13,14). The van der Waals surface area contributed by atoms with Crippen LogP contribution in [0.25, 0.3) is 0 Å².